The molecule has 0 fully saturated rings. The third kappa shape index (κ3) is 3.28. The number of allylic oxidation sites excluding steroid dienone is 1. The van der Waals surface area contributed by atoms with Crippen molar-refractivity contribution in [3.63, 3.8) is 0 Å². The Morgan fingerprint density at radius 3 is 2.47 bits per heavy atom. The van der Waals surface area contributed by atoms with Gasteiger partial charge in [-0.25, -0.2) is 0 Å². The molecule has 0 saturated heterocycles. The van der Waals surface area contributed by atoms with Gasteiger partial charge in [-0.3, -0.25) is 0 Å². The van der Waals surface area contributed by atoms with E-state index in [1.54, 1.807) is 14.2 Å². The van der Waals surface area contributed by atoms with E-state index in [9.17, 15) is 0 Å². The van der Waals surface area contributed by atoms with Crippen molar-refractivity contribution in [1.29, 1.82) is 0 Å². The molecule has 1 unspecified atom stereocenters. The summed E-state index contributed by atoms with van der Waals surface area (Å²) in [7, 11) is 3.24. The molecule has 3 heterocycles. The highest BCUT2D eigenvalue weighted by molar-refractivity contribution is 6.68. The molecule has 0 saturated carbocycles. The SMILES string of the molecule is CCCC1=C2c3cc4c(cc3CCN2C(C(Cl)(Cl)Cl)c2c1ccc(OC)c2OC)OCO4. The van der Waals surface area contributed by atoms with Crippen molar-refractivity contribution >= 4 is 46.1 Å². The lowest BCUT2D eigenvalue weighted by Crippen LogP contribution is -2.42. The van der Waals surface area contributed by atoms with Gasteiger partial charge >= 0.3 is 0 Å². The van der Waals surface area contributed by atoms with Crippen LogP contribution in [-0.2, 0) is 6.42 Å². The van der Waals surface area contributed by atoms with E-state index in [1.165, 1.54) is 11.1 Å². The Morgan fingerprint density at radius 2 is 1.81 bits per heavy atom. The molecule has 2 aromatic rings. The second-order valence-corrected chi connectivity index (χ2v) is 10.5. The second kappa shape index (κ2) is 8.12. The zero-order chi connectivity index (χ0) is 22.6. The minimum absolute atomic E-state index is 0.236. The van der Waals surface area contributed by atoms with Gasteiger partial charge in [-0.2, -0.15) is 0 Å². The summed E-state index contributed by atoms with van der Waals surface area (Å²) in [5.74, 6) is 2.75. The number of ether oxygens (including phenoxy) is 4. The second-order valence-electron chi connectivity index (χ2n) is 8.09. The Kier molecular flexibility index (Phi) is 5.55. The topological polar surface area (TPSA) is 40.2 Å². The van der Waals surface area contributed by atoms with Gasteiger partial charge in [0.2, 0.25) is 10.6 Å². The van der Waals surface area contributed by atoms with Crippen molar-refractivity contribution < 1.29 is 18.9 Å². The van der Waals surface area contributed by atoms with Crippen molar-refractivity contribution in [3.8, 4) is 23.0 Å². The van der Waals surface area contributed by atoms with E-state index in [0.717, 1.165) is 53.1 Å². The average Bonchev–Trinajstić information content (AvgIpc) is 3.22. The Bertz CT molecular complexity index is 1110. The minimum Gasteiger partial charge on any atom is -0.493 e. The number of halogens is 3. The molecule has 5 rings (SSSR count). The maximum atomic E-state index is 6.66. The Hall–Kier alpha value is -1.95. The predicted molar refractivity (Wildman–Crippen MR) is 127 cm³/mol. The number of hydrogen-bond acceptors (Lipinski definition) is 5. The van der Waals surface area contributed by atoms with Crippen LogP contribution >= 0.6 is 34.8 Å². The van der Waals surface area contributed by atoms with Crippen molar-refractivity contribution in [2.24, 2.45) is 0 Å². The van der Waals surface area contributed by atoms with Gasteiger partial charge in [-0.1, -0.05) is 54.2 Å². The highest BCUT2D eigenvalue weighted by Gasteiger charge is 2.48. The maximum absolute atomic E-state index is 6.66. The van der Waals surface area contributed by atoms with Gasteiger partial charge in [0.05, 0.1) is 14.2 Å². The first-order chi connectivity index (χ1) is 15.4. The molecular weight excluding hydrogens is 473 g/mol. The first-order valence-corrected chi connectivity index (χ1v) is 11.8. The van der Waals surface area contributed by atoms with E-state index in [4.69, 9.17) is 53.8 Å². The van der Waals surface area contributed by atoms with E-state index >= 15 is 0 Å². The summed E-state index contributed by atoms with van der Waals surface area (Å²) in [5.41, 5.74) is 6.47. The average molecular weight is 497 g/mol. The van der Waals surface area contributed by atoms with E-state index in [2.05, 4.69) is 30.0 Å². The summed E-state index contributed by atoms with van der Waals surface area (Å²) in [6, 6.07) is 7.58. The maximum Gasteiger partial charge on any atom is 0.231 e. The summed E-state index contributed by atoms with van der Waals surface area (Å²) in [6.45, 7) is 3.11. The summed E-state index contributed by atoms with van der Waals surface area (Å²) in [6.07, 6.45) is 2.64. The van der Waals surface area contributed by atoms with Crippen LogP contribution < -0.4 is 18.9 Å². The van der Waals surface area contributed by atoms with E-state index in [-0.39, 0.29) is 6.79 Å². The molecule has 0 aromatic heterocycles. The van der Waals surface area contributed by atoms with Crippen LogP contribution in [-0.4, -0.2) is 36.2 Å². The van der Waals surface area contributed by atoms with Crippen molar-refractivity contribution in [2.75, 3.05) is 27.6 Å². The van der Waals surface area contributed by atoms with Crippen molar-refractivity contribution in [3.05, 3.63) is 46.5 Å². The molecule has 32 heavy (non-hydrogen) atoms. The lowest BCUT2D eigenvalue weighted by atomic mass is 9.80. The van der Waals surface area contributed by atoms with Gasteiger partial charge in [-0.05, 0) is 47.7 Å². The zero-order valence-corrected chi connectivity index (χ0v) is 20.4. The lowest BCUT2D eigenvalue weighted by molar-refractivity contribution is 0.174. The molecule has 0 amide bonds. The van der Waals surface area contributed by atoms with Crippen LogP contribution in [0.5, 0.6) is 23.0 Å². The van der Waals surface area contributed by atoms with Crippen LogP contribution in [0, 0.1) is 0 Å². The Morgan fingerprint density at radius 1 is 1.06 bits per heavy atom. The van der Waals surface area contributed by atoms with E-state index in [0.29, 0.717) is 18.0 Å². The quantitative estimate of drug-likeness (QED) is 0.459. The highest BCUT2D eigenvalue weighted by atomic mass is 35.6. The van der Waals surface area contributed by atoms with Gasteiger partial charge in [0.15, 0.2) is 23.0 Å². The van der Waals surface area contributed by atoms with Crippen LogP contribution in [0.2, 0.25) is 0 Å². The predicted octanol–water partition coefficient (Wildman–Crippen LogP) is 6.38. The number of nitrogens with zero attached hydrogens (tertiary/aromatic N) is 1. The van der Waals surface area contributed by atoms with Gasteiger partial charge in [-0.15, -0.1) is 0 Å². The molecular formula is C24H24Cl3NO4. The number of alkyl halides is 3. The van der Waals surface area contributed by atoms with E-state index in [1.807, 2.05) is 6.07 Å². The number of rotatable bonds is 4. The fourth-order valence-electron chi connectivity index (χ4n) is 5.13. The zero-order valence-electron chi connectivity index (χ0n) is 18.1. The highest BCUT2D eigenvalue weighted by Crippen LogP contribution is 2.58. The minimum atomic E-state index is -1.59. The normalized spacial score (nSPS) is 18.8. The molecule has 3 aliphatic rings. The largest absolute Gasteiger partial charge is 0.493 e. The molecule has 0 bridgehead atoms. The number of hydrogen-bond donors (Lipinski definition) is 0. The molecule has 8 heteroatoms. The lowest BCUT2D eigenvalue weighted by Gasteiger charge is -2.47. The summed E-state index contributed by atoms with van der Waals surface area (Å²) < 4.78 is 21.1. The molecule has 0 radical (unpaired) electrons. The van der Waals surface area contributed by atoms with Crippen molar-refractivity contribution in [1.82, 2.24) is 4.90 Å². The molecule has 1 atom stereocenters. The molecule has 0 N–H and O–H groups in total. The van der Waals surface area contributed by atoms with Crippen LogP contribution in [0.15, 0.2) is 24.3 Å². The van der Waals surface area contributed by atoms with Crippen LogP contribution in [0.1, 0.15) is 48.1 Å². The van der Waals surface area contributed by atoms with Crippen molar-refractivity contribution in [2.45, 2.75) is 36.0 Å². The number of methoxy groups -OCH3 is 2. The monoisotopic (exact) mass is 495 g/mol. The molecule has 0 spiro atoms. The summed E-state index contributed by atoms with van der Waals surface area (Å²) >= 11 is 20.0. The van der Waals surface area contributed by atoms with Crippen LogP contribution in [0.25, 0.3) is 11.3 Å². The Balaban J connectivity index is 1.84. The van der Waals surface area contributed by atoms with Crippen LogP contribution in [0.3, 0.4) is 0 Å². The van der Waals surface area contributed by atoms with E-state index < -0.39 is 9.83 Å². The summed E-state index contributed by atoms with van der Waals surface area (Å²) in [4.78, 5) is 2.22. The van der Waals surface area contributed by atoms with Gasteiger partial charge in [0, 0.05) is 23.4 Å². The van der Waals surface area contributed by atoms with Gasteiger partial charge < -0.3 is 23.8 Å². The van der Waals surface area contributed by atoms with Crippen LogP contribution in [0.4, 0.5) is 0 Å². The third-order valence-electron chi connectivity index (χ3n) is 6.35. The van der Waals surface area contributed by atoms with Gasteiger partial charge in [0.1, 0.15) is 6.04 Å². The smallest absolute Gasteiger partial charge is 0.231 e. The summed E-state index contributed by atoms with van der Waals surface area (Å²) in [5, 5.41) is 0. The van der Waals surface area contributed by atoms with Gasteiger partial charge in [0.25, 0.3) is 0 Å². The first-order valence-electron chi connectivity index (χ1n) is 10.6. The molecule has 0 aliphatic carbocycles. The molecule has 5 nitrogen and oxygen atoms in total. The molecule has 3 aliphatic heterocycles. The fourth-order valence-corrected chi connectivity index (χ4v) is 5.81. The number of fused-ring (bicyclic) bond motifs is 5. The Labute approximate surface area is 202 Å². The molecule has 2 aromatic carbocycles. The number of benzene rings is 2. The molecule has 170 valence electrons. The fraction of sp³-hybridized carbons (Fsp3) is 0.417. The third-order valence-corrected chi connectivity index (χ3v) is 6.97. The standard InChI is InChI=1S/C24H24Cl3NO4/c1-4-5-15-14-6-7-17(29-2)22(30-3)20(14)23(24(25,26)27)28-9-8-13-10-18-19(32-12-31-18)11-16(13)21(15)28/h6-7,10-11,23H,4-5,8-9,12H2,1-3H3. The first kappa shape index (κ1) is 21.9.